The van der Waals surface area contributed by atoms with E-state index < -0.39 is 11.8 Å². The van der Waals surface area contributed by atoms with E-state index in [0.717, 1.165) is 0 Å². The van der Waals surface area contributed by atoms with Crippen molar-refractivity contribution in [3.8, 4) is 0 Å². The van der Waals surface area contributed by atoms with Crippen LogP contribution in [-0.2, 0) is 14.3 Å². The third kappa shape index (κ3) is 1.38. The zero-order valence-corrected chi connectivity index (χ0v) is 9.19. The molecule has 84 valence electrons. The van der Waals surface area contributed by atoms with Crippen LogP contribution in [0.5, 0.6) is 0 Å². The van der Waals surface area contributed by atoms with Crippen LogP contribution in [0.3, 0.4) is 0 Å². The Kier molecular flexibility index (Phi) is 2.13. The molecule has 0 radical (unpaired) electrons. The van der Waals surface area contributed by atoms with Crippen LogP contribution in [0.1, 0.15) is 20.8 Å². The number of likely N-dealkylation sites (tertiary alicyclic amines) is 1. The summed E-state index contributed by atoms with van der Waals surface area (Å²) in [6, 6.07) is -0.406. The molecule has 2 fully saturated rings. The van der Waals surface area contributed by atoms with E-state index in [0.29, 0.717) is 6.54 Å². The van der Waals surface area contributed by atoms with Gasteiger partial charge in [0.05, 0.1) is 18.1 Å². The number of fused-ring (bicyclic) bond motifs is 1. The maximum Gasteiger partial charge on any atom is 0.220 e. The first-order chi connectivity index (χ1) is 6.84. The number of hydrogen-bond acceptors (Lipinski definition) is 4. The van der Waals surface area contributed by atoms with E-state index >= 15 is 0 Å². The Balaban J connectivity index is 2.27. The molecular weight excluding hydrogens is 196 g/mol. The molecule has 2 saturated heterocycles. The summed E-state index contributed by atoms with van der Waals surface area (Å²) in [7, 11) is 0. The third-order valence-corrected chi connectivity index (χ3v) is 3.34. The van der Waals surface area contributed by atoms with E-state index in [9.17, 15) is 9.59 Å². The highest BCUT2D eigenvalue weighted by Crippen LogP contribution is 2.44. The van der Waals surface area contributed by atoms with Crippen molar-refractivity contribution >= 4 is 11.7 Å². The van der Waals surface area contributed by atoms with Crippen molar-refractivity contribution in [3.05, 3.63) is 0 Å². The van der Waals surface area contributed by atoms with E-state index in [2.05, 4.69) is 0 Å². The summed E-state index contributed by atoms with van der Waals surface area (Å²) in [5.74, 6) is -0.166. The van der Waals surface area contributed by atoms with Gasteiger partial charge in [-0.3, -0.25) is 9.59 Å². The summed E-state index contributed by atoms with van der Waals surface area (Å²) in [6.07, 6.45) is -0.0715. The Bertz CT molecular complexity index is 327. The van der Waals surface area contributed by atoms with Crippen molar-refractivity contribution in [1.82, 2.24) is 4.90 Å². The van der Waals surface area contributed by atoms with Gasteiger partial charge in [-0.1, -0.05) is 0 Å². The maximum absolute atomic E-state index is 11.5. The van der Waals surface area contributed by atoms with Gasteiger partial charge in [-0.15, -0.1) is 0 Å². The fraction of sp³-hybridized carbons (Fsp3) is 0.800. The molecule has 15 heavy (non-hydrogen) atoms. The Hall–Kier alpha value is -0.940. The number of rotatable bonds is 1. The highest BCUT2D eigenvalue weighted by Gasteiger charge is 2.61. The Morgan fingerprint density at radius 2 is 2.07 bits per heavy atom. The number of carbonyl (C=O) groups is 2. The Morgan fingerprint density at radius 1 is 1.47 bits per heavy atom. The molecule has 0 aromatic heterocycles. The first-order valence-electron chi connectivity index (χ1n) is 5.09. The van der Waals surface area contributed by atoms with Crippen LogP contribution in [0, 0.1) is 5.92 Å². The van der Waals surface area contributed by atoms with Crippen LogP contribution in [-0.4, -0.2) is 41.0 Å². The molecule has 1 amide bonds. The van der Waals surface area contributed by atoms with E-state index in [-0.39, 0.29) is 23.7 Å². The molecule has 0 aromatic carbocycles. The lowest BCUT2D eigenvalue weighted by Crippen LogP contribution is -2.66. The molecule has 5 heteroatoms. The Morgan fingerprint density at radius 3 is 2.47 bits per heavy atom. The lowest BCUT2D eigenvalue weighted by molar-refractivity contribution is -0.232. The molecule has 0 aliphatic carbocycles. The summed E-state index contributed by atoms with van der Waals surface area (Å²) in [6.45, 7) is 5.21. The number of nitrogens with zero attached hydrogens (tertiary/aromatic N) is 1. The zero-order chi connectivity index (χ0) is 11.4. The predicted molar refractivity (Wildman–Crippen MR) is 52.8 cm³/mol. The van der Waals surface area contributed by atoms with E-state index in [1.54, 1.807) is 11.8 Å². The summed E-state index contributed by atoms with van der Waals surface area (Å²) in [4.78, 5) is 24.5. The number of ether oxygens (including phenoxy) is 1. The van der Waals surface area contributed by atoms with Gasteiger partial charge in [-0.25, -0.2) is 0 Å². The molecular formula is C10H16N2O3. The smallest absolute Gasteiger partial charge is 0.220 e. The molecule has 0 saturated carbocycles. The second-order valence-corrected chi connectivity index (χ2v) is 4.59. The first-order valence-corrected chi connectivity index (χ1v) is 5.09. The van der Waals surface area contributed by atoms with Gasteiger partial charge in [0.1, 0.15) is 5.72 Å². The molecule has 5 nitrogen and oxygen atoms in total. The quantitative estimate of drug-likeness (QED) is 0.635. The lowest BCUT2D eigenvalue weighted by Gasteiger charge is -2.48. The van der Waals surface area contributed by atoms with Crippen LogP contribution in [0.2, 0.25) is 0 Å². The average molecular weight is 212 g/mol. The number of hydrogen-bond donors (Lipinski definition) is 1. The largest absolute Gasteiger partial charge is 0.355 e. The van der Waals surface area contributed by atoms with Crippen LogP contribution in [0.15, 0.2) is 0 Å². The monoisotopic (exact) mass is 212 g/mol. The van der Waals surface area contributed by atoms with Gasteiger partial charge in [0.2, 0.25) is 5.91 Å². The first kappa shape index (κ1) is 10.6. The van der Waals surface area contributed by atoms with Gasteiger partial charge in [0, 0.05) is 13.5 Å². The number of Topliss-reactive ketones (excluding diaryl/α,β-unsaturated/α-hetero) is 1. The van der Waals surface area contributed by atoms with Crippen molar-refractivity contribution < 1.29 is 14.3 Å². The van der Waals surface area contributed by atoms with Crippen molar-refractivity contribution in [1.29, 1.82) is 0 Å². The molecule has 0 spiro atoms. The number of nitrogens with two attached hydrogens (primary N) is 1. The third-order valence-electron chi connectivity index (χ3n) is 3.34. The second-order valence-electron chi connectivity index (χ2n) is 4.59. The number of amides is 1. The lowest BCUT2D eigenvalue weighted by atomic mass is 9.81. The van der Waals surface area contributed by atoms with E-state index in [4.69, 9.17) is 10.5 Å². The Labute approximate surface area is 88.5 Å². The topological polar surface area (TPSA) is 72.6 Å². The molecule has 2 heterocycles. The van der Waals surface area contributed by atoms with Crippen molar-refractivity contribution in [3.63, 3.8) is 0 Å². The molecule has 2 N–H and O–H groups in total. The SMILES string of the molecule is CC(=O)[C@@H]1[C@@H]2[C@H](CN1C(C)=O)OC2(C)N. The van der Waals surface area contributed by atoms with Gasteiger partial charge < -0.3 is 15.4 Å². The van der Waals surface area contributed by atoms with Crippen LogP contribution < -0.4 is 5.73 Å². The van der Waals surface area contributed by atoms with Crippen molar-refractivity contribution in [2.75, 3.05) is 6.54 Å². The highest BCUT2D eigenvalue weighted by atomic mass is 16.6. The molecule has 2 aliphatic heterocycles. The predicted octanol–water partition coefficient (Wildman–Crippen LogP) is -0.504. The van der Waals surface area contributed by atoms with Gasteiger partial charge in [0.25, 0.3) is 0 Å². The maximum atomic E-state index is 11.5. The van der Waals surface area contributed by atoms with Gasteiger partial charge in [0.15, 0.2) is 5.78 Å². The van der Waals surface area contributed by atoms with Crippen LogP contribution in [0.25, 0.3) is 0 Å². The minimum atomic E-state index is -0.773. The molecule has 4 atom stereocenters. The van der Waals surface area contributed by atoms with E-state index in [1.807, 2.05) is 0 Å². The molecule has 2 aliphatic rings. The zero-order valence-electron chi connectivity index (χ0n) is 9.19. The average Bonchev–Trinajstić information content (AvgIpc) is 2.39. The van der Waals surface area contributed by atoms with E-state index in [1.165, 1.54) is 13.8 Å². The van der Waals surface area contributed by atoms with Gasteiger partial charge >= 0.3 is 0 Å². The molecule has 0 bridgehead atoms. The normalized spacial score (nSPS) is 43.5. The minimum Gasteiger partial charge on any atom is -0.355 e. The molecule has 2 rings (SSSR count). The summed E-state index contributed by atoms with van der Waals surface area (Å²) in [5, 5.41) is 0. The summed E-state index contributed by atoms with van der Waals surface area (Å²) < 4.78 is 5.44. The standard InChI is InChI=1S/C10H16N2O3/c1-5(13)9-8-7(15-10(8,3)11)4-12(9)6(2)14/h7-9H,4,11H2,1-3H3/t7-,8-,9+,10?/m0/s1. The summed E-state index contributed by atoms with van der Waals surface area (Å²) >= 11 is 0. The van der Waals surface area contributed by atoms with Crippen molar-refractivity contribution in [2.45, 2.75) is 38.6 Å². The van der Waals surface area contributed by atoms with Gasteiger partial charge in [-0.2, -0.15) is 0 Å². The summed E-state index contributed by atoms with van der Waals surface area (Å²) in [5.41, 5.74) is 5.11. The van der Waals surface area contributed by atoms with Crippen LogP contribution >= 0.6 is 0 Å². The minimum absolute atomic E-state index is 0.0160. The van der Waals surface area contributed by atoms with Crippen LogP contribution in [0.4, 0.5) is 0 Å². The second kappa shape index (κ2) is 3.02. The molecule has 0 aromatic rings. The fourth-order valence-electron chi connectivity index (χ4n) is 2.74. The number of ketones is 1. The van der Waals surface area contributed by atoms with Crippen molar-refractivity contribution in [2.24, 2.45) is 11.7 Å². The molecule has 1 unspecified atom stereocenters. The number of carbonyl (C=O) groups excluding carboxylic acids is 2. The van der Waals surface area contributed by atoms with Gasteiger partial charge in [-0.05, 0) is 13.8 Å². The fourth-order valence-corrected chi connectivity index (χ4v) is 2.74. The highest BCUT2D eigenvalue weighted by molar-refractivity contribution is 5.88.